The second-order valence-electron chi connectivity index (χ2n) is 3.13. The second kappa shape index (κ2) is 5.73. The fourth-order valence-electron chi connectivity index (χ4n) is 1.16. The normalized spacial score (nSPS) is 11.6. The summed E-state index contributed by atoms with van der Waals surface area (Å²) in [6, 6.07) is 3.55. The van der Waals surface area contributed by atoms with Crippen molar-refractivity contribution in [2.75, 3.05) is 5.88 Å². The van der Waals surface area contributed by atoms with Crippen LogP contribution in [0.1, 0.15) is 5.56 Å². The maximum absolute atomic E-state index is 13.6. The van der Waals surface area contributed by atoms with Gasteiger partial charge < -0.3 is 0 Å². The Morgan fingerprint density at radius 1 is 1.35 bits per heavy atom. The van der Waals surface area contributed by atoms with Gasteiger partial charge in [0.05, 0.1) is 10.8 Å². The minimum absolute atomic E-state index is 0.0788. The van der Waals surface area contributed by atoms with Gasteiger partial charge in [-0.1, -0.05) is 12.1 Å². The highest BCUT2D eigenvalue weighted by Crippen LogP contribution is 2.38. The first kappa shape index (κ1) is 14.3. The van der Waals surface area contributed by atoms with Crippen LogP contribution in [0.15, 0.2) is 23.1 Å². The van der Waals surface area contributed by atoms with Crippen molar-refractivity contribution in [3.05, 3.63) is 29.6 Å². The molecule has 17 heavy (non-hydrogen) atoms. The highest BCUT2D eigenvalue weighted by atomic mass is 35.5. The molecule has 1 nitrogen and oxygen atoms in total. The predicted molar refractivity (Wildman–Crippen MR) is 57.7 cm³/mol. The first-order chi connectivity index (χ1) is 7.83. The minimum Gasteiger partial charge on any atom is -0.298 e. The van der Waals surface area contributed by atoms with Crippen molar-refractivity contribution in [3.8, 4) is 0 Å². The van der Waals surface area contributed by atoms with E-state index in [2.05, 4.69) is 0 Å². The summed E-state index contributed by atoms with van der Waals surface area (Å²) in [5.74, 6) is -1.76. The van der Waals surface area contributed by atoms with Gasteiger partial charge in [0.1, 0.15) is 5.82 Å². The van der Waals surface area contributed by atoms with Crippen LogP contribution in [0, 0.1) is 5.82 Å². The van der Waals surface area contributed by atoms with Gasteiger partial charge in [-0.15, -0.1) is 11.6 Å². The molecule has 0 spiro atoms. The molecule has 0 N–H and O–H groups in total. The highest BCUT2D eigenvalue weighted by Gasteiger charge is 2.31. The van der Waals surface area contributed by atoms with E-state index in [4.69, 9.17) is 11.6 Å². The van der Waals surface area contributed by atoms with E-state index in [1.165, 1.54) is 12.1 Å². The van der Waals surface area contributed by atoms with Gasteiger partial charge in [-0.05, 0) is 23.4 Å². The average molecular weight is 287 g/mol. The minimum atomic E-state index is -4.56. The third-order valence-electron chi connectivity index (χ3n) is 1.81. The summed E-state index contributed by atoms with van der Waals surface area (Å²) in [7, 11) is 0. The van der Waals surface area contributed by atoms with E-state index in [1.807, 2.05) is 0 Å². The average Bonchev–Trinajstić information content (AvgIpc) is 2.22. The van der Waals surface area contributed by atoms with E-state index in [1.54, 1.807) is 0 Å². The maximum Gasteiger partial charge on any atom is 0.446 e. The molecule has 0 amide bonds. The van der Waals surface area contributed by atoms with Gasteiger partial charge in [-0.2, -0.15) is 13.2 Å². The lowest BCUT2D eigenvalue weighted by molar-refractivity contribution is -0.116. The molecule has 1 aromatic carbocycles. The molecule has 0 heterocycles. The summed E-state index contributed by atoms with van der Waals surface area (Å²) < 4.78 is 49.9. The third-order valence-corrected chi connectivity index (χ3v) is 2.87. The molecule has 0 aliphatic heterocycles. The number of ketones is 1. The van der Waals surface area contributed by atoms with Gasteiger partial charge in [-0.25, -0.2) is 4.39 Å². The van der Waals surface area contributed by atoms with E-state index < -0.39 is 33.8 Å². The molecular formula is C10H7ClF4OS. The van der Waals surface area contributed by atoms with Crippen LogP contribution in [0.25, 0.3) is 0 Å². The smallest absolute Gasteiger partial charge is 0.298 e. The number of Topliss-reactive ketones (excluding diaryl/α,β-unsaturated/α-hetero) is 1. The van der Waals surface area contributed by atoms with Crippen LogP contribution in [0.2, 0.25) is 0 Å². The van der Waals surface area contributed by atoms with Crippen LogP contribution < -0.4 is 0 Å². The van der Waals surface area contributed by atoms with E-state index >= 15 is 0 Å². The third kappa shape index (κ3) is 4.55. The van der Waals surface area contributed by atoms with E-state index in [0.29, 0.717) is 0 Å². The summed E-state index contributed by atoms with van der Waals surface area (Å²) in [6.07, 6.45) is -0.304. The number of benzene rings is 1. The van der Waals surface area contributed by atoms with E-state index in [0.717, 1.165) is 6.07 Å². The number of carbonyl (C=O) groups excluding carboxylic acids is 1. The first-order valence-corrected chi connectivity index (χ1v) is 5.79. The largest absolute Gasteiger partial charge is 0.446 e. The number of hydrogen-bond donors (Lipinski definition) is 0. The fraction of sp³-hybridized carbons (Fsp3) is 0.300. The molecule has 0 saturated carbocycles. The quantitative estimate of drug-likeness (QED) is 0.476. The lowest BCUT2D eigenvalue weighted by atomic mass is 10.1. The Kier molecular flexibility index (Phi) is 4.82. The lowest BCUT2D eigenvalue weighted by Crippen LogP contribution is -2.07. The summed E-state index contributed by atoms with van der Waals surface area (Å²) in [5, 5.41) is 0. The second-order valence-corrected chi connectivity index (χ2v) is 4.50. The van der Waals surface area contributed by atoms with Crippen LogP contribution >= 0.6 is 23.4 Å². The zero-order valence-corrected chi connectivity index (χ0v) is 9.93. The van der Waals surface area contributed by atoms with Crippen LogP contribution in [0.3, 0.4) is 0 Å². The molecular weight excluding hydrogens is 280 g/mol. The highest BCUT2D eigenvalue weighted by molar-refractivity contribution is 8.00. The standard InChI is InChI=1S/C10H7ClF4OS/c11-5-7(16)4-6-2-1-3-8(9(6)12)17-10(13,14)15/h1-3H,4-5H2. The van der Waals surface area contributed by atoms with Gasteiger partial charge in [-0.3, -0.25) is 4.79 Å². The molecule has 0 atom stereocenters. The SMILES string of the molecule is O=C(CCl)Cc1cccc(SC(F)(F)F)c1F. The van der Waals surface area contributed by atoms with Crippen LogP contribution in [-0.4, -0.2) is 17.2 Å². The van der Waals surface area contributed by atoms with Crippen molar-refractivity contribution < 1.29 is 22.4 Å². The predicted octanol–water partition coefficient (Wildman–Crippen LogP) is 3.79. The molecule has 0 aliphatic carbocycles. The van der Waals surface area contributed by atoms with Crippen LogP contribution in [-0.2, 0) is 11.2 Å². The zero-order chi connectivity index (χ0) is 13.1. The zero-order valence-electron chi connectivity index (χ0n) is 8.35. The molecule has 94 valence electrons. The number of thioether (sulfide) groups is 1. The Labute approximate surface area is 104 Å². The van der Waals surface area contributed by atoms with E-state index in [-0.39, 0.29) is 17.9 Å². The number of halogens is 5. The van der Waals surface area contributed by atoms with Crippen LogP contribution in [0.5, 0.6) is 0 Å². The van der Waals surface area contributed by atoms with Crippen molar-refractivity contribution in [2.24, 2.45) is 0 Å². The Hall–Kier alpha value is -0.750. The van der Waals surface area contributed by atoms with Gasteiger partial charge in [0.15, 0.2) is 5.78 Å². The maximum atomic E-state index is 13.6. The molecule has 0 bridgehead atoms. The Morgan fingerprint density at radius 3 is 2.53 bits per heavy atom. The van der Waals surface area contributed by atoms with Gasteiger partial charge >= 0.3 is 5.51 Å². The first-order valence-electron chi connectivity index (χ1n) is 4.44. The van der Waals surface area contributed by atoms with Gasteiger partial charge in [0.25, 0.3) is 0 Å². The lowest BCUT2D eigenvalue weighted by Gasteiger charge is -2.09. The fourth-order valence-corrected chi connectivity index (χ4v) is 1.87. The topological polar surface area (TPSA) is 17.1 Å². The molecule has 1 rings (SSSR count). The summed E-state index contributed by atoms with van der Waals surface area (Å²) in [6.45, 7) is 0. The number of rotatable bonds is 4. The Bertz CT molecular complexity index is 419. The summed E-state index contributed by atoms with van der Waals surface area (Å²) >= 11 is 4.70. The molecule has 0 aromatic heterocycles. The molecule has 0 unspecified atom stereocenters. The molecule has 0 radical (unpaired) electrons. The Balaban J connectivity index is 2.95. The van der Waals surface area contributed by atoms with Crippen molar-refractivity contribution >= 4 is 29.1 Å². The van der Waals surface area contributed by atoms with Gasteiger partial charge in [0, 0.05) is 6.42 Å². The monoisotopic (exact) mass is 286 g/mol. The van der Waals surface area contributed by atoms with Crippen molar-refractivity contribution in [1.82, 2.24) is 0 Å². The van der Waals surface area contributed by atoms with Gasteiger partial charge in [0.2, 0.25) is 0 Å². The molecule has 7 heteroatoms. The number of hydrogen-bond acceptors (Lipinski definition) is 2. The van der Waals surface area contributed by atoms with Crippen LogP contribution in [0.4, 0.5) is 17.6 Å². The summed E-state index contributed by atoms with van der Waals surface area (Å²) in [4.78, 5) is 10.5. The van der Waals surface area contributed by atoms with Crippen molar-refractivity contribution in [3.63, 3.8) is 0 Å². The van der Waals surface area contributed by atoms with Crippen molar-refractivity contribution in [1.29, 1.82) is 0 Å². The van der Waals surface area contributed by atoms with E-state index in [9.17, 15) is 22.4 Å². The molecule has 0 fully saturated rings. The molecule has 0 saturated heterocycles. The Morgan fingerprint density at radius 2 is 2.00 bits per heavy atom. The molecule has 0 aliphatic rings. The summed E-state index contributed by atoms with van der Waals surface area (Å²) in [5.41, 5.74) is -4.64. The number of alkyl halides is 4. The number of carbonyl (C=O) groups is 1. The molecule has 1 aromatic rings. The van der Waals surface area contributed by atoms with Crippen molar-refractivity contribution in [2.45, 2.75) is 16.8 Å².